The second kappa shape index (κ2) is 15.5. The van der Waals surface area contributed by atoms with Crippen molar-refractivity contribution in [1.82, 2.24) is 10.2 Å². The second-order valence-corrected chi connectivity index (χ2v) is 12.2. The van der Waals surface area contributed by atoms with Crippen molar-refractivity contribution >= 4 is 46.1 Å². The van der Waals surface area contributed by atoms with Crippen LogP contribution in [0, 0.1) is 0 Å². The highest BCUT2D eigenvalue weighted by atomic mass is 32.2. The predicted octanol–water partition coefficient (Wildman–Crippen LogP) is 6.89. The molecule has 2 unspecified atom stereocenters. The van der Waals surface area contributed by atoms with Crippen LogP contribution in [0.25, 0.3) is 10.8 Å². The van der Waals surface area contributed by atoms with E-state index in [4.69, 9.17) is 4.74 Å². The number of nitrogens with one attached hydrogen (secondary N) is 2. The lowest BCUT2D eigenvalue weighted by molar-refractivity contribution is -0.141. The van der Waals surface area contributed by atoms with Crippen molar-refractivity contribution in [3.05, 3.63) is 72.3 Å². The zero-order valence-electron chi connectivity index (χ0n) is 25.2. The fourth-order valence-electron chi connectivity index (χ4n) is 4.69. The number of carbonyl (C=O) groups excluding carboxylic acids is 3. The molecule has 3 N–H and O–H groups in total. The van der Waals surface area contributed by atoms with Gasteiger partial charge in [-0.05, 0) is 74.6 Å². The molecule has 0 aliphatic heterocycles. The maximum Gasteiger partial charge on any atom is 0.408 e. The average molecular weight is 594 g/mol. The van der Waals surface area contributed by atoms with Gasteiger partial charge in [-0.2, -0.15) is 11.8 Å². The molecule has 0 aromatic heterocycles. The standard InChI is InChI=1S/C33H43N3O5S/c1-6-7-12-20-36(31(39)27(19-21-42-5)35-32(40)41-33(2,3)4)29(26-15-10-11-16-28(26)37)30(38)34-25-18-17-23-13-8-9-14-24(23)22-25/h8-11,13-18,22,27,29,37H,6-7,12,19-21H2,1-5H3,(H,34,38)(H,35,40). The van der Waals surface area contributed by atoms with E-state index < -0.39 is 35.6 Å². The topological polar surface area (TPSA) is 108 Å². The number of aromatic hydroxyl groups is 1. The molecule has 0 saturated carbocycles. The lowest BCUT2D eigenvalue weighted by atomic mass is 10.00. The fraction of sp³-hybridized carbons (Fsp3) is 0.424. The number of amides is 3. The van der Waals surface area contributed by atoms with E-state index in [1.54, 1.807) is 50.7 Å². The van der Waals surface area contributed by atoms with Crippen molar-refractivity contribution in [3.63, 3.8) is 0 Å². The summed E-state index contributed by atoms with van der Waals surface area (Å²) >= 11 is 1.55. The third-order valence-corrected chi connectivity index (χ3v) is 7.34. The number of hydrogen-bond acceptors (Lipinski definition) is 6. The number of phenolic OH excluding ortho intramolecular Hbond substituents is 1. The zero-order chi connectivity index (χ0) is 30.7. The largest absolute Gasteiger partial charge is 0.508 e. The first-order chi connectivity index (χ1) is 20.0. The van der Waals surface area contributed by atoms with E-state index in [9.17, 15) is 19.5 Å². The number of fused-ring (bicyclic) bond motifs is 1. The summed E-state index contributed by atoms with van der Waals surface area (Å²) in [5.41, 5.74) is 0.142. The first-order valence-electron chi connectivity index (χ1n) is 14.4. The maximum absolute atomic E-state index is 14.3. The molecule has 0 saturated heterocycles. The Morgan fingerprint density at radius 3 is 2.33 bits per heavy atom. The summed E-state index contributed by atoms with van der Waals surface area (Å²) in [4.78, 5) is 42.6. The van der Waals surface area contributed by atoms with Crippen LogP contribution in [-0.4, -0.2) is 58.1 Å². The number of nitrogens with zero attached hydrogens (tertiary/aromatic N) is 1. The molecule has 0 radical (unpaired) electrons. The zero-order valence-corrected chi connectivity index (χ0v) is 26.0. The van der Waals surface area contributed by atoms with E-state index in [0.717, 1.165) is 23.6 Å². The first-order valence-corrected chi connectivity index (χ1v) is 15.8. The number of hydrogen-bond donors (Lipinski definition) is 3. The van der Waals surface area contributed by atoms with Gasteiger partial charge in [-0.25, -0.2) is 4.79 Å². The summed E-state index contributed by atoms with van der Waals surface area (Å²) in [5, 5.41) is 18.6. The molecule has 0 spiro atoms. The molecule has 0 bridgehead atoms. The van der Waals surface area contributed by atoms with Gasteiger partial charge in [0.15, 0.2) is 0 Å². The highest BCUT2D eigenvalue weighted by Crippen LogP contribution is 2.32. The SMILES string of the molecule is CCCCCN(C(=O)C(CCSC)NC(=O)OC(C)(C)C)C(C(=O)Nc1ccc2ccccc2c1)c1ccccc1O. The molecule has 226 valence electrons. The third kappa shape index (κ3) is 9.41. The van der Waals surface area contributed by atoms with Crippen LogP contribution in [0.15, 0.2) is 66.7 Å². The number of alkyl carbamates (subject to hydrolysis) is 1. The fourth-order valence-corrected chi connectivity index (χ4v) is 5.16. The third-order valence-electron chi connectivity index (χ3n) is 6.69. The highest BCUT2D eigenvalue weighted by molar-refractivity contribution is 7.98. The molecular formula is C33H43N3O5S. The molecule has 3 rings (SSSR count). The van der Waals surface area contributed by atoms with E-state index in [1.165, 1.54) is 11.0 Å². The minimum atomic E-state index is -1.14. The van der Waals surface area contributed by atoms with Gasteiger partial charge in [0.2, 0.25) is 5.91 Å². The Balaban J connectivity index is 2.02. The van der Waals surface area contributed by atoms with Crippen LogP contribution < -0.4 is 10.6 Å². The van der Waals surface area contributed by atoms with Gasteiger partial charge in [0.25, 0.3) is 5.91 Å². The molecule has 3 aromatic carbocycles. The van der Waals surface area contributed by atoms with Crippen LogP contribution in [0.3, 0.4) is 0 Å². The number of para-hydroxylation sites is 1. The number of phenols is 1. The average Bonchev–Trinajstić information content (AvgIpc) is 2.94. The number of unbranched alkanes of at least 4 members (excludes halogenated alkanes) is 2. The number of benzene rings is 3. The summed E-state index contributed by atoms with van der Waals surface area (Å²) in [6.45, 7) is 7.60. The minimum Gasteiger partial charge on any atom is -0.508 e. The van der Waals surface area contributed by atoms with Gasteiger partial charge in [-0.3, -0.25) is 9.59 Å². The summed E-state index contributed by atoms with van der Waals surface area (Å²) in [5.74, 6) is -0.352. The predicted molar refractivity (Wildman–Crippen MR) is 171 cm³/mol. The lowest BCUT2D eigenvalue weighted by Gasteiger charge is -2.35. The van der Waals surface area contributed by atoms with Crippen molar-refractivity contribution in [2.24, 2.45) is 0 Å². The van der Waals surface area contributed by atoms with E-state index >= 15 is 0 Å². The Labute approximate surface area is 253 Å². The van der Waals surface area contributed by atoms with Gasteiger partial charge in [-0.1, -0.05) is 68.3 Å². The van der Waals surface area contributed by atoms with Gasteiger partial charge in [0.05, 0.1) is 0 Å². The number of ether oxygens (including phenoxy) is 1. The molecule has 3 aromatic rings. The second-order valence-electron chi connectivity index (χ2n) is 11.2. The Hall–Kier alpha value is -3.72. The van der Waals surface area contributed by atoms with E-state index in [0.29, 0.717) is 29.8 Å². The number of rotatable bonds is 13. The Kier molecular flexibility index (Phi) is 12.1. The van der Waals surface area contributed by atoms with E-state index in [2.05, 4.69) is 17.6 Å². The van der Waals surface area contributed by atoms with Gasteiger partial charge in [0, 0.05) is 17.8 Å². The van der Waals surface area contributed by atoms with Gasteiger partial charge < -0.3 is 25.4 Å². The van der Waals surface area contributed by atoms with Crippen molar-refractivity contribution in [3.8, 4) is 5.75 Å². The van der Waals surface area contributed by atoms with E-state index in [1.807, 2.05) is 48.7 Å². The van der Waals surface area contributed by atoms with Crippen LogP contribution in [0.1, 0.15) is 65.0 Å². The van der Waals surface area contributed by atoms with Crippen molar-refractivity contribution in [2.45, 2.75) is 71.1 Å². The number of anilines is 1. The summed E-state index contributed by atoms with van der Waals surface area (Å²) in [6, 6.07) is 17.9. The summed E-state index contributed by atoms with van der Waals surface area (Å²) in [7, 11) is 0. The van der Waals surface area contributed by atoms with Gasteiger partial charge >= 0.3 is 6.09 Å². The smallest absolute Gasteiger partial charge is 0.408 e. The molecule has 8 nitrogen and oxygen atoms in total. The molecule has 0 aliphatic rings. The molecule has 2 atom stereocenters. The molecule has 9 heteroatoms. The Bertz CT molecular complexity index is 1360. The lowest BCUT2D eigenvalue weighted by Crippen LogP contribution is -2.52. The van der Waals surface area contributed by atoms with Crippen molar-refractivity contribution in [2.75, 3.05) is 23.9 Å². The minimum absolute atomic E-state index is 0.0924. The molecule has 3 amide bonds. The summed E-state index contributed by atoms with van der Waals surface area (Å²) in [6.07, 6.45) is 3.99. The molecule has 42 heavy (non-hydrogen) atoms. The normalized spacial score (nSPS) is 12.8. The monoisotopic (exact) mass is 593 g/mol. The van der Waals surface area contributed by atoms with Gasteiger partial charge in [-0.15, -0.1) is 0 Å². The van der Waals surface area contributed by atoms with E-state index in [-0.39, 0.29) is 12.3 Å². The van der Waals surface area contributed by atoms with Crippen molar-refractivity contribution < 1.29 is 24.2 Å². The van der Waals surface area contributed by atoms with Crippen LogP contribution >= 0.6 is 11.8 Å². The van der Waals surface area contributed by atoms with Crippen LogP contribution in [0.2, 0.25) is 0 Å². The Morgan fingerprint density at radius 1 is 0.976 bits per heavy atom. The molecule has 0 fully saturated rings. The highest BCUT2D eigenvalue weighted by Gasteiger charge is 2.37. The van der Waals surface area contributed by atoms with Crippen molar-refractivity contribution in [1.29, 1.82) is 0 Å². The molecule has 0 heterocycles. The first kappa shape index (κ1) is 32.8. The molecular weight excluding hydrogens is 550 g/mol. The van der Waals surface area contributed by atoms with Gasteiger partial charge in [0.1, 0.15) is 23.4 Å². The number of thioether (sulfide) groups is 1. The summed E-state index contributed by atoms with van der Waals surface area (Å²) < 4.78 is 5.46. The Morgan fingerprint density at radius 2 is 1.67 bits per heavy atom. The number of carbonyl (C=O) groups is 3. The van der Waals surface area contributed by atoms with Crippen LogP contribution in [0.4, 0.5) is 10.5 Å². The molecule has 0 aliphatic carbocycles. The van der Waals surface area contributed by atoms with Crippen LogP contribution in [-0.2, 0) is 14.3 Å². The van der Waals surface area contributed by atoms with Crippen LogP contribution in [0.5, 0.6) is 5.75 Å². The quantitative estimate of drug-likeness (QED) is 0.186. The maximum atomic E-state index is 14.3.